The number of likely N-dealkylation sites (N-methyl/N-ethyl adjacent to an activating group) is 1. The van der Waals surface area contributed by atoms with Crippen LogP contribution >= 0.6 is 23.1 Å². The van der Waals surface area contributed by atoms with Crippen molar-refractivity contribution in [1.29, 1.82) is 0 Å². The molecule has 1 aromatic carbocycles. The Kier molecular flexibility index (Phi) is 5.93. The van der Waals surface area contributed by atoms with Crippen LogP contribution in [-0.2, 0) is 17.7 Å². The van der Waals surface area contributed by atoms with Crippen LogP contribution in [0, 0.1) is 0 Å². The van der Waals surface area contributed by atoms with Gasteiger partial charge in [0.2, 0.25) is 0 Å². The second-order valence-electron chi connectivity index (χ2n) is 8.15. The van der Waals surface area contributed by atoms with Crippen LogP contribution in [0.3, 0.4) is 0 Å². The summed E-state index contributed by atoms with van der Waals surface area (Å²) in [5.41, 5.74) is 2.22. The summed E-state index contributed by atoms with van der Waals surface area (Å²) >= 11 is 3.42. The minimum absolute atomic E-state index is 0.0875. The van der Waals surface area contributed by atoms with Crippen molar-refractivity contribution in [3.63, 3.8) is 0 Å². The Labute approximate surface area is 184 Å². The molecule has 158 valence electrons. The lowest BCUT2D eigenvalue weighted by molar-refractivity contribution is -0.905. The number of thiophene rings is 1. The summed E-state index contributed by atoms with van der Waals surface area (Å²) in [6.07, 6.45) is 0.958. The molecule has 2 aromatic heterocycles. The zero-order chi connectivity index (χ0) is 20.5. The van der Waals surface area contributed by atoms with Crippen LogP contribution in [0.5, 0.6) is 0 Å². The monoisotopic (exact) mass is 444 g/mol. The van der Waals surface area contributed by atoms with Crippen molar-refractivity contribution in [1.82, 2.24) is 9.55 Å². The number of benzene rings is 1. The van der Waals surface area contributed by atoms with E-state index in [-0.39, 0.29) is 5.56 Å². The third kappa shape index (κ3) is 3.94. The first-order valence-corrected chi connectivity index (χ1v) is 12.5. The molecule has 0 saturated carbocycles. The molecule has 30 heavy (non-hydrogen) atoms. The molecule has 0 spiro atoms. The normalized spacial score (nSPS) is 19.8. The first-order valence-electron chi connectivity index (χ1n) is 10.7. The fourth-order valence-electron chi connectivity index (χ4n) is 4.34. The highest BCUT2D eigenvalue weighted by molar-refractivity contribution is 7.99. The molecule has 5 rings (SSSR count). The Bertz CT molecular complexity index is 1090. The maximum absolute atomic E-state index is 13.7. The molecule has 8 heteroatoms. The van der Waals surface area contributed by atoms with Gasteiger partial charge < -0.3 is 14.5 Å². The molecule has 0 amide bonds. The summed E-state index contributed by atoms with van der Waals surface area (Å²) in [6, 6.07) is 9.96. The van der Waals surface area contributed by atoms with E-state index >= 15 is 0 Å². The Morgan fingerprint density at radius 3 is 2.80 bits per heavy atom. The second kappa shape index (κ2) is 8.80. The maximum atomic E-state index is 13.7. The van der Waals surface area contributed by atoms with Gasteiger partial charge >= 0.3 is 0 Å². The van der Waals surface area contributed by atoms with Gasteiger partial charge in [-0.05, 0) is 17.7 Å². The van der Waals surface area contributed by atoms with Crippen LogP contribution in [0.4, 0.5) is 0 Å². The molecular formula is C22H28N4O2S2+2. The van der Waals surface area contributed by atoms with Crippen molar-refractivity contribution in [2.75, 3.05) is 52.2 Å². The van der Waals surface area contributed by atoms with E-state index < -0.39 is 0 Å². The molecule has 0 aliphatic carbocycles. The molecule has 2 aliphatic heterocycles. The maximum Gasteiger partial charge on any atom is 0.267 e. The Balaban J connectivity index is 1.53. The SMILES string of the molecule is C[NH+]1CCc2c(sc3nc(SCC[NH+]4CCOCC4)n(-c4ccccc4)c(=O)c23)C1. The number of hydrogen-bond donors (Lipinski definition) is 2. The van der Waals surface area contributed by atoms with Gasteiger partial charge in [0.25, 0.3) is 5.56 Å². The van der Waals surface area contributed by atoms with Crippen molar-refractivity contribution < 1.29 is 14.5 Å². The minimum Gasteiger partial charge on any atom is -0.370 e. The number of para-hydroxylation sites is 1. The summed E-state index contributed by atoms with van der Waals surface area (Å²) in [5, 5.41) is 1.65. The number of fused-ring (bicyclic) bond motifs is 3. The Morgan fingerprint density at radius 1 is 1.20 bits per heavy atom. The van der Waals surface area contributed by atoms with E-state index in [4.69, 9.17) is 9.72 Å². The molecular weight excluding hydrogens is 416 g/mol. The molecule has 1 unspecified atom stereocenters. The predicted molar refractivity (Wildman–Crippen MR) is 121 cm³/mol. The Morgan fingerprint density at radius 2 is 2.00 bits per heavy atom. The topological polar surface area (TPSA) is 53.0 Å². The van der Waals surface area contributed by atoms with Gasteiger partial charge in [0, 0.05) is 6.42 Å². The molecule has 1 atom stereocenters. The molecule has 4 heterocycles. The minimum atomic E-state index is 0.0875. The van der Waals surface area contributed by atoms with Crippen molar-refractivity contribution in [3.8, 4) is 5.69 Å². The average Bonchev–Trinajstić information content (AvgIpc) is 3.13. The standard InChI is InChI=1S/C22H26N4O2S2/c1-24-8-7-17-18(15-24)30-20-19(17)21(27)26(16-5-3-2-4-6-16)22(23-20)29-14-11-25-9-12-28-13-10-25/h2-6H,7-15H2,1H3/p+2. The van der Waals surface area contributed by atoms with E-state index in [1.165, 1.54) is 15.3 Å². The van der Waals surface area contributed by atoms with Crippen molar-refractivity contribution >= 4 is 33.3 Å². The zero-order valence-corrected chi connectivity index (χ0v) is 18.9. The van der Waals surface area contributed by atoms with Crippen LogP contribution < -0.4 is 15.4 Å². The fourth-order valence-corrected chi connectivity index (χ4v) is 6.77. The predicted octanol–water partition coefficient (Wildman–Crippen LogP) is 0.0252. The number of quaternary nitrogens is 2. The van der Waals surface area contributed by atoms with Gasteiger partial charge in [0.05, 0.1) is 55.1 Å². The summed E-state index contributed by atoms with van der Waals surface area (Å²) in [6.45, 7) is 6.93. The molecule has 0 bridgehead atoms. The highest BCUT2D eigenvalue weighted by Gasteiger charge is 2.26. The van der Waals surface area contributed by atoms with Crippen molar-refractivity contribution in [3.05, 3.63) is 51.1 Å². The van der Waals surface area contributed by atoms with Gasteiger partial charge in [-0.2, -0.15) is 0 Å². The number of aromatic nitrogens is 2. The molecule has 1 fully saturated rings. The van der Waals surface area contributed by atoms with E-state index in [1.807, 2.05) is 34.9 Å². The lowest BCUT2D eigenvalue weighted by Crippen LogP contribution is -3.14. The number of rotatable bonds is 5. The molecule has 3 aromatic rings. The molecule has 6 nitrogen and oxygen atoms in total. The van der Waals surface area contributed by atoms with Crippen LogP contribution in [0.1, 0.15) is 10.4 Å². The van der Waals surface area contributed by atoms with Crippen LogP contribution in [0.15, 0.2) is 40.3 Å². The fraction of sp³-hybridized carbons (Fsp3) is 0.455. The van der Waals surface area contributed by atoms with Gasteiger partial charge in [0.15, 0.2) is 5.16 Å². The van der Waals surface area contributed by atoms with Crippen molar-refractivity contribution in [2.45, 2.75) is 18.1 Å². The number of morpholine rings is 1. The van der Waals surface area contributed by atoms with E-state index in [0.29, 0.717) is 0 Å². The number of nitrogens with zero attached hydrogens (tertiary/aromatic N) is 2. The van der Waals surface area contributed by atoms with Gasteiger partial charge in [-0.3, -0.25) is 9.36 Å². The van der Waals surface area contributed by atoms with Crippen LogP contribution in [-0.4, -0.2) is 61.7 Å². The van der Waals surface area contributed by atoms with Crippen LogP contribution in [0.2, 0.25) is 0 Å². The highest BCUT2D eigenvalue weighted by Crippen LogP contribution is 2.31. The van der Waals surface area contributed by atoms with E-state index in [0.717, 1.165) is 79.2 Å². The number of thioether (sulfide) groups is 1. The lowest BCUT2D eigenvalue weighted by Gasteiger charge is -2.23. The third-order valence-corrected chi connectivity index (χ3v) is 8.11. The van der Waals surface area contributed by atoms with Gasteiger partial charge in [0.1, 0.15) is 24.5 Å². The summed E-state index contributed by atoms with van der Waals surface area (Å²) < 4.78 is 7.30. The van der Waals surface area contributed by atoms with E-state index in [1.54, 1.807) is 28.0 Å². The first kappa shape index (κ1) is 20.2. The van der Waals surface area contributed by atoms with Crippen molar-refractivity contribution in [2.24, 2.45) is 0 Å². The smallest absolute Gasteiger partial charge is 0.267 e. The molecule has 0 radical (unpaired) electrons. The summed E-state index contributed by atoms with van der Waals surface area (Å²) in [7, 11) is 2.22. The van der Waals surface area contributed by atoms with Gasteiger partial charge in [-0.25, -0.2) is 4.98 Å². The van der Waals surface area contributed by atoms with E-state index in [9.17, 15) is 4.79 Å². The highest BCUT2D eigenvalue weighted by atomic mass is 32.2. The number of ether oxygens (including phenoxy) is 1. The number of nitrogens with one attached hydrogen (secondary N) is 2. The second-order valence-corrected chi connectivity index (χ2v) is 10.3. The van der Waals surface area contributed by atoms with Gasteiger partial charge in [-0.15, -0.1) is 11.3 Å². The summed E-state index contributed by atoms with van der Waals surface area (Å²) in [4.78, 5) is 24.1. The quantitative estimate of drug-likeness (QED) is 0.431. The molecule has 2 aliphatic rings. The average molecular weight is 445 g/mol. The third-order valence-electron chi connectivity index (χ3n) is 6.04. The van der Waals surface area contributed by atoms with Gasteiger partial charge in [-0.1, -0.05) is 30.0 Å². The van der Waals surface area contributed by atoms with E-state index in [2.05, 4.69) is 7.05 Å². The molecule has 1 saturated heterocycles. The number of hydrogen-bond acceptors (Lipinski definition) is 5. The zero-order valence-electron chi connectivity index (χ0n) is 17.3. The lowest BCUT2D eigenvalue weighted by atomic mass is 10.1. The summed E-state index contributed by atoms with van der Waals surface area (Å²) in [5.74, 6) is 0.943. The first-order chi connectivity index (χ1) is 14.7. The molecule has 2 N–H and O–H groups in total. The Hall–Kier alpha value is -1.71. The van der Waals surface area contributed by atoms with Crippen LogP contribution in [0.25, 0.3) is 15.9 Å². The largest absolute Gasteiger partial charge is 0.370 e.